The minimum absolute atomic E-state index is 0.110. The summed E-state index contributed by atoms with van der Waals surface area (Å²) in [5.41, 5.74) is 0.110. The van der Waals surface area contributed by atoms with Gasteiger partial charge in [-0.15, -0.1) is 0 Å². The molecule has 0 amide bonds. The van der Waals surface area contributed by atoms with Gasteiger partial charge in [0, 0.05) is 14.2 Å². The highest BCUT2D eigenvalue weighted by atomic mass is 16.5. The van der Waals surface area contributed by atoms with Gasteiger partial charge in [-0.05, 0) is 32.4 Å². The number of hydrogen-bond acceptors (Lipinski definition) is 3. The predicted molar refractivity (Wildman–Crippen MR) is 66.8 cm³/mol. The van der Waals surface area contributed by atoms with Crippen LogP contribution in [-0.4, -0.2) is 51.0 Å². The Morgan fingerprint density at radius 2 is 1.56 bits per heavy atom. The molecule has 1 saturated heterocycles. The van der Waals surface area contributed by atoms with Crippen molar-refractivity contribution in [3.63, 3.8) is 0 Å². The molecule has 96 valence electrons. The van der Waals surface area contributed by atoms with Gasteiger partial charge in [0.1, 0.15) is 0 Å². The normalized spacial score (nSPS) is 18.9. The summed E-state index contributed by atoms with van der Waals surface area (Å²) < 4.78 is 10.9. The van der Waals surface area contributed by atoms with Crippen LogP contribution in [0.2, 0.25) is 0 Å². The lowest BCUT2D eigenvalue weighted by molar-refractivity contribution is -0.0525. The molecule has 0 aromatic rings. The van der Waals surface area contributed by atoms with Crippen LogP contribution in [0.3, 0.4) is 0 Å². The van der Waals surface area contributed by atoms with E-state index in [4.69, 9.17) is 9.47 Å². The molecule has 3 nitrogen and oxygen atoms in total. The SMILES string of the molecule is CCCC(COC)(COC)N1CCCCC1. The third kappa shape index (κ3) is 3.44. The van der Waals surface area contributed by atoms with Crippen LogP contribution in [-0.2, 0) is 9.47 Å². The molecule has 1 fully saturated rings. The largest absolute Gasteiger partial charge is 0.383 e. The summed E-state index contributed by atoms with van der Waals surface area (Å²) >= 11 is 0. The van der Waals surface area contributed by atoms with Gasteiger partial charge in [-0.1, -0.05) is 19.8 Å². The molecule has 3 heteroatoms. The lowest BCUT2D eigenvalue weighted by atomic mass is 9.91. The highest BCUT2D eigenvalue weighted by Gasteiger charge is 2.36. The highest BCUT2D eigenvalue weighted by Crippen LogP contribution is 2.26. The smallest absolute Gasteiger partial charge is 0.0678 e. The summed E-state index contributed by atoms with van der Waals surface area (Å²) in [5.74, 6) is 0. The van der Waals surface area contributed by atoms with Crippen LogP contribution < -0.4 is 0 Å². The van der Waals surface area contributed by atoms with E-state index in [2.05, 4.69) is 11.8 Å². The van der Waals surface area contributed by atoms with Gasteiger partial charge in [-0.2, -0.15) is 0 Å². The first-order chi connectivity index (χ1) is 7.79. The Labute approximate surface area is 100 Å². The van der Waals surface area contributed by atoms with Crippen LogP contribution in [0.25, 0.3) is 0 Å². The van der Waals surface area contributed by atoms with Crippen LogP contribution in [0.1, 0.15) is 39.0 Å². The molecular formula is C13H27NO2. The summed E-state index contributed by atoms with van der Waals surface area (Å²) in [7, 11) is 3.59. The Kier molecular flexibility index (Phi) is 6.32. The average Bonchev–Trinajstić information content (AvgIpc) is 2.31. The Morgan fingerprint density at radius 3 is 2.00 bits per heavy atom. The zero-order valence-corrected chi connectivity index (χ0v) is 11.1. The van der Waals surface area contributed by atoms with E-state index in [0.717, 1.165) is 19.6 Å². The van der Waals surface area contributed by atoms with Crippen molar-refractivity contribution in [1.82, 2.24) is 4.90 Å². The predicted octanol–water partition coefficient (Wildman–Crippen LogP) is 2.30. The number of likely N-dealkylation sites (tertiary alicyclic amines) is 1. The number of hydrogen-bond donors (Lipinski definition) is 0. The van der Waals surface area contributed by atoms with Gasteiger partial charge in [0.25, 0.3) is 0 Å². The first-order valence-corrected chi connectivity index (χ1v) is 6.52. The van der Waals surface area contributed by atoms with Crippen LogP contribution >= 0.6 is 0 Å². The fourth-order valence-electron chi connectivity index (χ4n) is 2.90. The van der Waals surface area contributed by atoms with E-state index in [1.165, 1.54) is 38.8 Å². The van der Waals surface area contributed by atoms with Crippen LogP contribution in [0.15, 0.2) is 0 Å². The van der Waals surface area contributed by atoms with Crippen molar-refractivity contribution in [2.45, 2.75) is 44.6 Å². The molecule has 0 atom stereocenters. The van der Waals surface area contributed by atoms with Crippen LogP contribution in [0, 0.1) is 0 Å². The number of ether oxygens (including phenoxy) is 2. The van der Waals surface area contributed by atoms with Gasteiger partial charge in [0.2, 0.25) is 0 Å². The number of methoxy groups -OCH3 is 2. The summed E-state index contributed by atoms with van der Waals surface area (Å²) in [5, 5.41) is 0. The third-order valence-electron chi connectivity index (χ3n) is 3.57. The first-order valence-electron chi connectivity index (χ1n) is 6.52. The fraction of sp³-hybridized carbons (Fsp3) is 1.00. The van der Waals surface area contributed by atoms with Crippen molar-refractivity contribution < 1.29 is 9.47 Å². The van der Waals surface area contributed by atoms with Gasteiger partial charge in [0.05, 0.1) is 18.8 Å². The molecule has 0 radical (unpaired) electrons. The van der Waals surface area contributed by atoms with Gasteiger partial charge in [-0.25, -0.2) is 0 Å². The van der Waals surface area contributed by atoms with Gasteiger partial charge in [0.15, 0.2) is 0 Å². The lowest BCUT2D eigenvalue weighted by Gasteiger charge is -2.45. The average molecular weight is 229 g/mol. The molecule has 0 aliphatic carbocycles. The summed E-state index contributed by atoms with van der Waals surface area (Å²) in [6.07, 6.45) is 6.36. The summed E-state index contributed by atoms with van der Waals surface area (Å²) in [6, 6.07) is 0. The second-order valence-electron chi connectivity index (χ2n) is 4.89. The second kappa shape index (κ2) is 7.25. The first kappa shape index (κ1) is 13.9. The summed E-state index contributed by atoms with van der Waals surface area (Å²) in [6.45, 7) is 6.22. The second-order valence-corrected chi connectivity index (χ2v) is 4.89. The molecule has 1 rings (SSSR count). The molecule has 1 aliphatic heterocycles. The minimum atomic E-state index is 0.110. The fourth-order valence-corrected chi connectivity index (χ4v) is 2.90. The van der Waals surface area contributed by atoms with E-state index in [9.17, 15) is 0 Å². The maximum Gasteiger partial charge on any atom is 0.0678 e. The molecule has 0 aromatic heterocycles. The molecular weight excluding hydrogens is 202 g/mol. The molecule has 0 spiro atoms. The van der Waals surface area contributed by atoms with Gasteiger partial charge in [-0.3, -0.25) is 4.90 Å². The molecule has 0 saturated carbocycles. The van der Waals surface area contributed by atoms with E-state index in [0.29, 0.717) is 0 Å². The van der Waals surface area contributed by atoms with Crippen molar-refractivity contribution in [1.29, 1.82) is 0 Å². The maximum atomic E-state index is 5.44. The van der Waals surface area contributed by atoms with E-state index in [1.807, 2.05) is 0 Å². The Hall–Kier alpha value is -0.120. The zero-order chi connectivity index (χ0) is 11.9. The zero-order valence-electron chi connectivity index (χ0n) is 11.1. The van der Waals surface area contributed by atoms with E-state index >= 15 is 0 Å². The Bertz CT molecular complexity index is 162. The molecule has 1 heterocycles. The maximum absolute atomic E-state index is 5.44. The number of rotatable bonds is 7. The van der Waals surface area contributed by atoms with Crippen molar-refractivity contribution in [2.24, 2.45) is 0 Å². The highest BCUT2D eigenvalue weighted by molar-refractivity contribution is 4.91. The van der Waals surface area contributed by atoms with Crippen LogP contribution in [0.5, 0.6) is 0 Å². The van der Waals surface area contributed by atoms with Crippen LogP contribution in [0.4, 0.5) is 0 Å². The minimum Gasteiger partial charge on any atom is -0.383 e. The number of piperidine rings is 1. The molecule has 0 unspecified atom stereocenters. The topological polar surface area (TPSA) is 21.7 Å². The molecule has 0 aromatic carbocycles. The molecule has 0 N–H and O–H groups in total. The third-order valence-corrected chi connectivity index (χ3v) is 3.57. The molecule has 16 heavy (non-hydrogen) atoms. The van der Waals surface area contributed by atoms with Crippen molar-refractivity contribution >= 4 is 0 Å². The molecule has 1 aliphatic rings. The number of nitrogens with zero attached hydrogens (tertiary/aromatic N) is 1. The van der Waals surface area contributed by atoms with E-state index < -0.39 is 0 Å². The standard InChI is InChI=1S/C13H27NO2/c1-4-8-13(11-15-2,12-16-3)14-9-6-5-7-10-14/h4-12H2,1-3H3. The Balaban J connectivity index is 2.70. The lowest BCUT2D eigenvalue weighted by Crippen LogP contribution is -2.56. The van der Waals surface area contributed by atoms with E-state index in [-0.39, 0.29) is 5.54 Å². The van der Waals surface area contributed by atoms with Gasteiger partial charge >= 0.3 is 0 Å². The van der Waals surface area contributed by atoms with Crippen molar-refractivity contribution in [3.8, 4) is 0 Å². The Morgan fingerprint density at radius 1 is 1.00 bits per heavy atom. The molecule has 0 bridgehead atoms. The monoisotopic (exact) mass is 229 g/mol. The van der Waals surface area contributed by atoms with E-state index in [1.54, 1.807) is 14.2 Å². The quantitative estimate of drug-likeness (QED) is 0.668. The van der Waals surface area contributed by atoms with Gasteiger partial charge < -0.3 is 9.47 Å². The summed E-state index contributed by atoms with van der Waals surface area (Å²) in [4.78, 5) is 2.59. The van der Waals surface area contributed by atoms with Crippen molar-refractivity contribution in [3.05, 3.63) is 0 Å². The van der Waals surface area contributed by atoms with Crippen molar-refractivity contribution in [2.75, 3.05) is 40.5 Å².